The maximum atomic E-state index is 13.2. The molecule has 0 spiro atoms. The van der Waals surface area contributed by atoms with E-state index in [-0.39, 0.29) is 17.1 Å². The second-order valence-corrected chi connectivity index (χ2v) is 6.73. The first-order chi connectivity index (χ1) is 13.1. The molecule has 2 aromatic rings. The molecule has 0 aliphatic carbocycles. The number of hydrogen-bond donors (Lipinski definition) is 1. The van der Waals surface area contributed by atoms with Crippen LogP contribution in [0.25, 0.3) is 6.08 Å². The fourth-order valence-corrected chi connectivity index (χ4v) is 3.37. The van der Waals surface area contributed by atoms with Gasteiger partial charge < -0.3 is 14.8 Å². The van der Waals surface area contributed by atoms with Gasteiger partial charge in [0.1, 0.15) is 11.6 Å². The third-order valence-electron chi connectivity index (χ3n) is 5.03. The number of carbonyl (C=O) groups excluding carboxylic acids is 1. The molecule has 0 radical (unpaired) electrons. The van der Waals surface area contributed by atoms with Gasteiger partial charge in [-0.2, -0.15) is 0 Å². The minimum absolute atomic E-state index is 0.160. The Morgan fingerprint density at radius 1 is 1.22 bits per heavy atom. The molecular weight excluding hydrogens is 345 g/mol. The van der Waals surface area contributed by atoms with E-state index < -0.39 is 0 Å². The van der Waals surface area contributed by atoms with Crippen molar-refractivity contribution in [2.45, 2.75) is 18.3 Å². The highest BCUT2D eigenvalue weighted by molar-refractivity contribution is 5.91. The first kappa shape index (κ1) is 19.1. The van der Waals surface area contributed by atoms with Crippen molar-refractivity contribution in [2.24, 2.45) is 0 Å². The third-order valence-corrected chi connectivity index (χ3v) is 5.03. The zero-order valence-electron chi connectivity index (χ0n) is 15.4. The van der Waals surface area contributed by atoms with Crippen LogP contribution < -0.4 is 10.1 Å². The summed E-state index contributed by atoms with van der Waals surface area (Å²) in [5.41, 5.74) is 1.66. The fraction of sp³-hybridized carbons (Fsp3) is 0.318. The van der Waals surface area contributed by atoms with Gasteiger partial charge in [-0.05, 0) is 54.3 Å². The van der Waals surface area contributed by atoms with E-state index in [1.807, 2.05) is 12.1 Å². The molecule has 27 heavy (non-hydrogen) atoms. The first-order valence-electron chi connectivity index (χ1n) is 9.05. The van der Waals surface area contributed by atoms with E-state index >= 15 is 0 Å². The number of hydrogen-bond acceptors (Lipinski definition) is 3. The highest BCUT2D eigenvalue weighted by atomic mass is 19.1. The molecule has 5 heteroatoms. The predicted octanol–water partition coefficient (Wildman–Crippen LogP) is 3.71. The van der Waals surface area contributed by atoms with E-state index in [0.29, 0.717) is 25.3 Å². The second-order valence-electron chi connectivity index (χ2n) is 6.73. The van der Waals surface area contributed by atoms with Gasteiger partial charge >= 0.3 is 0 Å². The Labute approximate surface area is 159 Å². The van der Waals surface area contributed by atoms with Crippen LogP contribution in [0.3, 0.4) is 0 Å². The molecule has 1 N–H and O–H groups in total. The van der Waals surface area contributed by atoms with Crippen LogP contribution >= 0.6 is 0 Å². The predicted molar refractivity (Wildman–Crippen MR) is 103 cm³/mol. The molecule has 0 bridgehead atoms. The van der Waals surface area contributed by atoms with Gasteiger partial charge in [0.15, 0.2) is 0 Å². The van der Waals surface area contributed by atoms with Crippen molar-refractivity contribution < 1.29 is 18.7 Å². The standard InChI is InChI=1S/C22H24FNO3/c1-26-20-8-6-18(7-9-20)22(11-13-27-14-12-22)16-24-21(25)10-5-17-3-2-4-19(23)15-17/h2-10,15H,11-14,16H2,1H3,(H,24,25)/b10-5+. The van der Waals surface area contributed by atoms with Crippen molar-refractivity contribution in [3.05, 3.63) is 71.6 Å². The molecule has 1 fully saturated rings. The Kier molecular flexibility index (Phi) is 6.24. The van der Waals surface area contributed by atoms with Crippen LogP contribution in [0.1, 0.15) is 24.0 Å². The number of benzene rings is 2. The van der Waals surface area contributed by atoms with Crippen LogP contribution in [0.4, 0.5) is 4.39 Å². The molecule has 1 aliphatic heterocycles. The molecule has 4 nitrogen and oxygen atoms in total. The van der Waals surface area contributed by atoms with Crippen LogP contribution in [0.5, 0.6) is 5.75 Å². The van der Waals surface area contributed by atoms with Crippen molar-refractivity contribution in [2.75, 3.05) is 26.9 Å². The van der Waals surface area contributed by atoms with Crippen molar-refractivity contribution in [3.8, 4) is 5.75 Å². The molecule has 1 aliphatic rings. The van der Waals surface area contributed by atoms with Crippen molar-refractivity contribution in [1.82, 2.24) is 5.32 Å². The van der Waals surface area contributed by atoms with Crippen LogP contribution in [0.15, 0.2) is 54.6 Å². The Hall–Kier alpha value is -2.66. The monoisotopic (exact) mass is 369 g/mol. The minimum atomic E-state index is -0.321. The SMILES string of the molecule is COc1ccc(C2(CNC(=O)/C=C/c3cccc(F)c3)CCOCC2)cc1. The van der Waals surface area contributed by atoms with Crippen LogP contribution in [0.2, 0.25) is 0 Å². The quantitative estimate of drug-likeness (QED) is 0.790. The minimum Gasteiger partial charge on any atom is -0.497 e. The Morgan fingerprint density at radius 3 is 2.63 bits per heavy atom. The summed E-state index contributed by atoms with van der Waals surface area (Å²) in [7, 11) is 1.64. The topological polar surface area (TPSA) is 47.6 Å². The smallest absolute Gasteiger partial charge is 0.244 e. The van der Waals surface area contributed by atoms with E-state index in [9.17, 15) is 9.18 Å². The fourth-order valence-electron chi connectivity index (χ4n) is 3.37. The lowest BCUT2D eigenvalue weighted by Gasteiger charge is -2.38. The lowest BCUT2D eigenvalue weighted by atomic mass is 9.74. The Balaban J connectivity index is 1.68. The van der Waals surface area contributed by atoms with E-state index in [1.54, 1.807) is 25.3 Å². The van der Waals surface area contributed by atoms with Crippen molar-refractivity contribution >= 4 is 12.0 Å². The van der Waals surface area contributed by atoms with E-state index in [4.69, 9.17) is 9.47 Å². The summed E-state index contributed by atoms with van der Waals surface area (Å²) < 4.78 is 24.0. The normalized spacial score (nSPS) is 16.2. The van der Waals surface area contributed by atoms with Crippen molar-refractivity contribution in [1.29, 1.82) is 0 Å². The molecule has 0 unspecified atom stereocenters. The van der Waals surface area contributed by atoms with E-state index in [1.165, 1.54) is 23.8 Å². The first-order valence-corrected chi connectivity index (χ1v) is 9.05. The molecule has 0 saturated carbocycles. The zero-order valence-corrected chi connectivity index (χ0v) is 15.4. The Morgan fingerprint density at radius 2 is 1.96 bits per heavy atom. The van der Waals surface area contributed by atoms with Gasteiger partial charge in [0.25, 0.3) is 0 Å². The zero-order chi connectivity index (χ0) is 19.1. The summed E-state index contributed by atoms with van der Waals surface area (Å²) in [4.78, 5) is 12.3. The number of halogens is 1. The summed E-state index contributed by atoms with van der Waals surface area (Å²) >= 11 is 0. The molecule has 142 valence electrons. The summed E-state index contributed by atoms with van der Waals surface area (Å²) in [6, 6.07) is 14.1. The molecule has 1 heterocycles. The van der Waals surface area contributed by atoms with Crippen molar-refractivity contribution in [3.63, 3.8) is 0 Å². The number of rotatable bonds is 6. The molecule has 1 amide bonds. The van der Waals surface area contributed by atoms with Gasteiger partial charge in [-0.25, -0.2) is 4.39 Å². The number of ether oxygens (including phenoxy) is 2. The highest BCUT2D eigenvalue weighted by Crippen LogP contribution is 2.35. The molecule has 2 aromatic carbocycles. The number of methoxy groups -OCH3 is 1. The molecule has 0 aromatic heterocycles. The highest BCUT2D eigenvalue weighted by Gasteiger charge is 2.34. The molecular formula is C22H24FNO3. The number of amides is 1. The Bertz CT molecular complexity index is 795. The maximum Gasteiger partial charge on any atom is 0.244 e. The third kappa shape index (κ3) is 4.95. The van der Waals surface area contributed by atoms with Gasteiger partial charge in [0.05, 0.1) is 7.11 Å². The molecule has 3 rings (SSSR count). The van der Waals surface area contributed by atoms with Crippen LogP contribution in [-0.4, -0.2) is 32.8 Å². The summed E-state index contributed by atoms with van der Waals surface area (Å²) in [6.07, 6.45) is 4.73. The van der Waals surface area contributed by atoms with Gasteiger partial charge in [-0.3, -0.25) is 4.79 Å². The summed E-state index contributed by atoms with van der Waals surface area (Å²) in [6.45, 7) is 1.86. The van der Waals surface area contributed by atoms with Gasteiger partial charge in [-0.1, -0.05) is 24.3 Å². The number of nitrogens with one attached hydrogen (secondary N) is 1. The van der Waals surface area contributed by atoms with Gasteiger partial charge in [0, 0.05) is 31.2 Å². The molecule has 0 atom stereocenters. The lowest BCUT2D eigenvalue weighted by molar-refractivity contribution is -0.116. The maximum absolute atomic E-state index is 13.2. The summed E-state index contributed by atoms with van der Waals surface area (Å²) in [5.74, 6) is 0.292. The average Bonchev–Trinajstić information content (AvgIpc) is 2.71. The second kappa shape index (κ2) is 8.82. The summed E-state index contributed by atoms with van der Waals surface area (Å²) in [5, 5.41) is 3.00. The van der Waals surface area contributed by atoms with E-state index in [0.717, 1.165) is 18.6 Å². The van der Waals surface area contributed by atoms with E-state index in [2.05, 4.69) is 17.4 Å². The largest absolute Gasteiger partial charge is 0.497 e. The van der Waals surface area contributed by atoms with Gasteiger partial charge in [0.2, 0.25) is 5.91 Å². The number of carbonyl (C=O) groups is 1. The van der Waals surface area contributed by atoms with Crippen LogP contribution in [0, 0.1) is 5.82 Å². The average molecular weight is 369 g/mol. The lowest BCUT2D eigenvalue weighted by Crippen LogP contribution is -2.44. The molecule has 1 saturated heterocycles. The van der Waals surface area contributed by atoms with Gasteiger partial charge in [-0.15, -0.1) is 0 Å². The van der Waals surface area contributed by atoms with Crippen LogP contribution in [-0.2, 0) is 14.9 Å².